The van der Waals surface area contributed by atoms with Gasteiger partial charge in [-0.3, -0.25) is 14.6 Å². The van der Waals surface area contributed by atoms with E-state index in [1.807, 2.05) is 31.9 Å². The Morgan fingerprint density at radius 3 is 2.37 bits per heavy atom. The van der Waals surface area contributed by atoms with Crippen LogP contribution in [0.2, 0.25) is 0 Å². The van der Waals surface area contributed by atoms with E-state index in [-0.39, 0.29) is 11.8 Å². The molecule has 0 radical (unpaired) electrons. The third kappa shape index (κ3) is 6.16. The summed E-state index contributed by atoms with van der Waals surface area (Å²) in [7, 11) is 1.95. The van der Waals surface area contributed by atoms with Crippen LogP contribution in [0.15, 0.2) is 53.4 Å². The van der Waals surface area contributed by atoms with Gasteiger partial charge in [-0.25, -0.2) is 0 Å². The molecule has 0 atom stereocenters. The fraction of sp³-hybridized carbons (Fsp3) is 0.452. The summed E-state index contributed by atoms with van der Waals surface area (Å²) in [5.41, 5.74) is 11.6. The van der Waals surface area contributed by atoms with Gasteiger partial charge < -0.3 is 16.0 Å². The van der Waals surface area contributed by atoms with E-state index in [2.05, 4.69) is 46.4 Å². The van der Waals surface area contributed by atoms with Crippen molar-refractivity contribution in [3.63, 3.8) is 0 Å². The SMILES string of the molecule is CN(C(=O)C1CC1)[C@H]1CC[C@H](CC(=O)Nc2cnc(-c3ccc(C(C)(C)N)cc3)c(-c3ccsc3)c2)CC1. The molecule has 200 valence electrons. The number of nitrogens with two attached hydrogens (primary N) is 1. The Balaban J connectivity index is 1.24. The normalized spacial score (nSPS) is 19.7. The molecule has 0 aliphatic heterocycles. The van der Waals surface area contributed by atoms with E-state index < -0.39 is 5.54 Å². The molecule has 7 heteroatoms. The molecule has 38 heavy (non-hydrogen) atoms. The molecule has 2 aromatic heterocycles. The maximum Gasteiger partial charge on any atom is 0.225 e. The second-order valence-electron chi connectivity index (χ2n) is 11.6. The second-order valence-corrected chi connectivity index (χ2v) is 12.4. The minimum Gasteiger partial charge on any atom is -0.343 e. The number of thiophene rings is 1. The number of pyridine rings is 1. The highest BCUT2D eigenvalue weighted by atomic mass is 32.1. The molecular weight excluding hydrogens is 492 g/mol. The van der Waals surface area contributed by atoms with Crippen LogP contribution in [0, 0.1) is 11.8 Å². The summed E-state index contributed by atoms with van der Waals surface area (Å²) in [4.78, 5) is 32.1. The Kier molecular flexibility index (Phi) is 7.68. The van der Waals surface area contributed by atoms with Crippen LogP contribution in [0.3, 0.4) is 0 Å². The average Bonchev–Trinajstić information content (AvgIpc) is 3.61. The number of hydrogen-bond acceptors (Lipinski definition) is 5. The summed E-state index contributed by atoms with van der Waals surface area (Å²) >= 11 is 1.64. The molecule has 6 nitrogen and oxygen atoms in total. The third-order valence-electron chi connectivity index (χ3n) is 8.02. The van der Waals surface area contributed by atoms with Crippen molar-refractivity contribution in [3.8, 4) is 22.4 Å². The van der Waals surface area contributed by atoms with Crippen LogP contribution in [0.5, 0.6) is 0 Å². The molecule has 3 N–H and O–H groups in total. The number of hydrogen-bond donors (Lipinski definition) is 2. The fourth-order valence-electron chi connectivity index (χ4n) is 5.47. The Hall–Kier alpha value is -3.03. The smallest absolute Gasteiger partial charge is 0.225 e. The first kappa shape index (κ1) is 26.6. The molecule has 2 amide bonds. The van der Waals surface area contributed by atoms with Gasteiger partial charge in [0.25, 0.3) is 0 Å². The summed E-state index contributed by atoms with van der Waals surface area (Å²) in [6.07, 6.45) is 8.25. The van der Waals surface area contributed by atoms with Crippen LogP contribution in [-0.2, 0) is 15.1 Å². The van der Waals surface area contributed by atoms with E-state index >= 15 is 0 Å². The lowest BCUT2D eigenvalue weighted by atomic mass is 9.83. The van der Waals surface area contributed by atoms with Crippen molar-refractivity contribution in [3.05, 3.63) is 58.9 Å². The zero-order valence-electron chi connectivity index (χ0n) is 22.6. The molecular formula is C31H38N4O2S. The lowest BCUT2D eigenvalue weighted by Crippen LogP contribution is -2.40. The number of nitrogens with one attached hydrogen (secondary N) is 1. The van der Waals surface area contributed by atoms with Gasteiger partial charge in [0.15, 0.2) is 0 Å². The predicted molar refractivity (Wildman–Crippen MR) is 155 cm³/mol. The Bertz CT molecular complexity index is 1270. The third-order valence-corrected chi connectivity index (χ3v) is 8.70. The average molecular weight is 531 g/mol. The van der Waals surface area contributed by atoms with Gasteiger partial charge >= 0.3 is 0 Å². The number of benzene rings is 1. The first-order valence-corrected chi connectivity index (χ1v) is 14.6. The highest BCUT2D eigenvalue weighted by molar-refractivity contribution is 7.08. The highest BCUT2D eigenvalue weighted by Gasteiger charge is 2.36. The summed E-state index contributed by atoms with van der Waals surface area (Å²) in [6.45, 7) is 3.99. The van der Waals surface area contributed by atoms with Crippen molar-refractivity contribution in [2.24, 2.45) is 17.6 Å². The number of amides is 2. The van der Waals surface area contributed by atoms with Gasteiger partial charge in [0, 0.05) is 42.1 Å². The second kappa shape index (κ2) is 11.0. The molecule has 1 aromatic carbocycles. The molecule has 2 aliphatic rings. The van der Waals surface area contributed by atoms with Crippen LogP contribution in [0.25, 0.3) is 22.4 Å². The number of aromatic nitrogens is 1. The van der Waals surface area contributed by atoms with E-state index in [4.69, 9.17) is 10.7 Å². The summed E-state index contributed by atoms with van der Waals surface area (Å²) in [5.74, 6) is 0.948. The van der Waals surface area contributed by atoms with Crippen molar-refractivity contribution in [1.82, 2.24) is 9.88 Å². The molecule has 0 saturated heterocycles. The van der Waals surface area contributed by atoms with Crippen molar-refractivity contribution in [1.29, 1.82) is 0 Å². The van der Waals surface area contributed by atoms with E-state index in [1.54, 1.807) is 17.5 Å². The quantitative estimate of drug-likeness (QED) is 0.351. The van der Waals surface area contributed by atoms with Gasteiger partial charge in [-0.2, -0.15) is 11.3 Å². The van der Waals surface area contributed by atoms with Crippen molar-refractivity contribution >= 4 is 28.8 Å². The van der Waals surface area contributed by atoms with Crippen LogP contribution >= 0.6 is 11.3 Å². The molecule has 0 unspecified atom stereocenters. The highest BCUT2D eigenvalue weighted by Crippen LogP contribution is 2.36. The van der Waals surface area contributed by atoms with Crippen LogP contribution in [0.4, 0.5) is 5.69 Å². The molecule has 5 rings (SSSR count). The van der Waals surface area contributed by atoms with Gasteiger partial charge in [0.05, 0.1) is 17.6 Å². The summed E-state index contributed by atoms with van der Waals surface area (Å²) in [5, 5.41) is 7.25. The van der Waals surface area contributed by atoms with Crippen LogP contribution in [0.1, 0.15) is 64.4 Å². The molecule has 2 aliphatic carbocycles. The maximum absolute atomic E-state index is 13.0. The van der Waals surface area contributed by atoms with Crippen LogP contribution in [-0.4, -0.2) is 34.8 Å². The lowest BCUT2D eigenvalue weighted by Gasteiger charge is -2.34. The van der Waals surface area contributed by atoms with Crippen molar-refractivity contribution < 1.29 is 9.59 Å². The number of nitrogens with zero attached hydrogens (tertiary/aromatic N) is 2. The van der Waals surface area contributed by atoms with Crippen molar-refractivity contribution in [2.75, 3.05) is 12.4 Å². The standard InChI is InChI=1S/C31H38N4O2S/c1-31(2,32)24-10-8-21(9-11-24)29-27(23-14-15-38-19-23)17-25(18-33-29)34-28(36)16-20-4-12-26(13-5-20)35(3)30(37)22-6-7-22/h8-11,14-15,17-20,22,26H,4-7,12-13,16,32H2,1-3H3,(H,34,36)/t20-,26-. The minimum atomic E-state index is -0.403. The first-order valence-electron chi connectivity index (χ1n) is 13.7. The van der Waals surface area contributed by atoms with Gasteiger partial charge in [-0.15, -0.1) is 0 Å². The topological polar surface area (TPSA) is 88.3 Å². The first-order chi connectivity index (χ1) is 18.2. The van der Waals surface area contributed by atoms with Gasteiger partial charge in [-0.05, 0) is 92.3 Å². The van der Waals surface area contributed by atoms with Crippen LogP contribution < -0.4 is 11.1 Å². The van der Waals surface area contributed by atoms with Gasteiger partial charge in [-0.1, -0.05) is 24.3 Å². The zero-order valence-corrected chi connectivity index (χ0v) is 23.4. The van der Waals surface area contributed by atoms with Gasteiger partial charge in [0.2, 0.25) is 11.8 Å². The number of rotatable bonds is 8. The molecule has 3 aromatic rings. The lowest BCUT2D eigenvalue weighted by molar-refractivity contribution is -0.134. The summed E-state index contributed by atoms with van der Waals surface area (Å²) < 4.78 is 0. The van der Waals surface area contributed by atoms with E-state index in [0.717, 1.165) is 66.5 Å². The Morgan fingerprint density at radius 2 is 1.76 bits per heavy atom. The Morgan fingerprint density at radius 1 is 1.05 bits per heavy atom. The van der Waals surface area contributed by atoms with E-state index in [1.165, 1.54) is 0 Å². The van der Waals surface area contributed by atoms with E-state index in [0.29, 0.717) is 30.0 Å². The number of carbonyl (C=O) groups is 2. The summed E-state index contributed by atoms with van der Waals surface area (Å²) in [6, 6.07) is 12.7. The largest absolute Gasteiger partial charge is 0.343 e. The molecule has 0 bridgehead atoms. The number of carbonyl (C=O) groups excluding carboxylic acids is 2. The van der Waals surface area contributed by atoms with E-state index in [9.17, 15) is 9.59 Å². The minimum absolute atomic E-state index is 0.0243. The van der Waals surface area contributed by atoms with Gasteiger partial charge in [0.1, 0.15) is 0 Å². The monoisotopic (exact) mass is 530 g/mol. The number of anilines is 1. The fourth-order valence-corrected chi connectivity index (χ4v) is 6.12. The predicted octanol–water partition coefficient (Wildman–Crippen LogP) is 6.43. The maximum atomic E-state index is 13.0. The Labute approximate surface area is 229 Å². The molecule has 2 saturated carbocycles. The zero-order chi connectivity index (χ0) is 26.9. The molecule has 2 fully saturated rings. The molecule has 2 heterocycles. The molecule has 0 spiro atoms. The van der Waals surface area contributed by atoms with Crippen molar-refractivity contribution in [2.45, 2.75) is 70.4 Å².